The number of nitrogens with zero attached hydrogens (tertiary/aromatic N) is 4. The largest absolute Gasteiger partial charge is 0.493 e. The number of nitrogens with one attached hydrogen (secondary N) is 4. The van der Waals surface area contributed by atoms with E-state index in [4.69, 9.17) is 27.0 Å². The minimum absolute atomic E-state index is 0.0540. The number of nitriles is 1. The molecule has 230 valence electrons. The second kappa shape index (κ2) is 13.9. The van der Waals surface area contributed by atoms with Crippen molar-refractivity contribution in [1.82, 2.24) is 24.5 Å². The molecule has 4 aromatic rings. The zero-order valence-corrected chi connectivity index (χ0v) is 26.3. The summed E-state index contributed by atoms with van der Waals surface area (Å²) >= 11 is 6.16. The molecule has 0 spiro atoms. The highest BCUT2D eigenvalue weighted by molar-refractivity contribution is 7.89. The molecule has 44 heavy (non-hydrogen) atoms. The number of rotatable bonds is 13. The number of sulfonamides is 1. The molecule has 0 saturated heterocycles. The molecule has 1 atom stereocenters. The first kappa shape index (κ1) is 32.4. The average molecular weight is 637 g/mol. The van der Waals surface area contributed by atoms with Gasteiger partial charge in [0, 0.05) is 24.8 Å². The molecular formula is C30H33ClN8O4S. The molecule has 0 saturated carbocycles. The molecule has 2 aromatic heterocycles. The second-order valence-electron chi connectivity index (χ2n) is 9.96. The predicted molar refractivity (Wildman–Crippen MR) is 170 cm³/mol. The molecule has 2 heterocycles. The summed E-state index contributed by atoms with van der Waals surface area (Å²) in [7, 11) is -2.45. The van der Waals surface area contributed by atoms with E-state index in [1.54, 1.807) is 56.0 Å². The standard InChI is InChI=1S/C30H33ClN8O4S/c1-5-7-24(33)27-28(34-4)30(40)36-29(35-27)22-15-21(10-11-26(22)43-6-2)44(41,42)38-18(3)17-39-13-12-25(37-39)19-8-9-20(16-32)23(31)14-19/h8-15,18,33-34,38H,5-7,17H2,1-4H3,(H,35,36,40)/t18-/m0/s1. The fourth-order valence-corrected chi connectivity index (χ4v) is 6.08. The molecule has 0 bridgehead atoms. The van der Waals surface area contributed by atoms with Crippen LogP contribution in [0, 0.1) is 16.7 Å². The zero-order chi connectivity index (χ0) is 32.0. The van der Waals surface area contributed by atoms with Crippen molar-refractivity contribution in [2.75, 3.05) is 19.0 Å². The monoisotopic (exact) mass is 636 g/mol. The van der Waals surface area contributed by atoms with Crippen molar-refractivity contribution in [3.05, 3.63) is 75.3 Å². The fraction of sp³-hybridized carbons (Fsp3) is 0.300. The SMILES string of the molecule is CCCC(=N)c1nc(-c2cc(S(=O)(=O)N[C@@H](C)Cn3ccc(-c4ccc(C#N)c(Cl)c4)n3)ccc2OCC)[nH]c(=O)c1NC. The summed E-state index contributed by atoms with van der Waals surface area (Å²) in [6, 6.07) is 12.6. The highest BCUT2D eigenvalue weighted by atomic mass is 35.5. The van der Waals surface area contributed by atoms with Crippen molar-refractivity contribution in [3.63, 3.8) is 0 Å². The average Bonchev–Trinajstić information content (AvgIpc) is 3.45. The summed E-state index contributed by atoms with van der Waals surface area (Å²) < 4.78 is 37.0. The van der Waals surface area contributed by atoms with Gasteiger partial charge in [0.05, 0.1) is 45.6 Å². The lowest BCUT2D eigenvalue weighted by Crippen LogP contribution is -2.35. The van der Waals surface area contributed by atoms with Crippen LogP contribution in [0.15, 0.2) is 58.4 Å². The number of hydrogen-bond acceptors (Lipinski definition) is 9. The van der Waals surface area contributed by atoms with Gasteiger partial charge in [-0.15, -0.1) is 0 Å². The third kappa shape index (κ3) is 7.16. The van der Waals surface area contributed by atoms with Crippen LogP contribution in [0.4, 0.5) is 5.69 Å². The van der Waals surface area contributed by atoms with Gasteiger partial charge in [0.2, 0.25) is 10.0 Å². The van der Waals surface area contributed by atoms with Gasteiger partial charge in [0.1, 0.15) is 29.0 Å². The summed E-state index contributed by atoms with van der Waals surface area (Å²) in [4.78, 5) is 20.1. The summed E-state index contributed by atoms with van der Waals surface area (Å²) in [5.74, 6) is 0.421. The van der Waals surface area contributed by atoms with Gasteiger partial charge < -0.3 is 20.4 Å². The predicted octanol–water partition coefficient (Wildman–Crippen LogP) is 4.80. The molecule has 0 unspecified atom stereocenters. The molecule has 0 fully saturated rings. The highest BCUT2D eigenvalue weighted by Crippen LogP contribution is 2.31. The Balaban J connectivity index is 1.61. The Bertz CT molecular complexity index is 1900. The van der Waals surface area contributed by atoms with Crippen LogP contribution in [0.2, 0.25) is 5.02 Å². The molecule has 4 N–H and O–H groups in total. The molecular weight excluding hydrogens is 604 g/mol. The molecule has 12 nitrogen and oxygen atoms in total. The van der Waals surface area contributed by atoms with Crippen molar-refractivity contribution >= 4 is 33.0 Å². The Morgan fingerprint density at radius 2 is 2.00 bits per heavy atom. The van der Waals surface area contributed by atoms with Crippen LogP contribution in [0.25, 0.3) is 22.6 Å². The summed E-state index contributed by atoms with van der Waals surface area (Å²) in [6.07, 6.45) is 2.83. The lowest BCUT2D eigenvalue weighted by Gasteiger charge is -2.17. The topological polar surface area (TPSA) is 179 Å². The minimum atomic E-state index is -4.03. The zero-order valence-electron chi connectivity index (χ0n) is 24.7. The van der Waals surface area contributed by atoms with Gasteiger partial charge >= 0.3 is 0 Å². The number of anilines is 1. The Kier molecular flexibility index (Phi) is 10.2. The normalized spacial score (nSPS) is 12.0. The first-order valence-electron chi connectivity index (χ1n) is 13.9. The number of hydrogen-bond donors (Lipinski definition) is 4. The number of aromatic nitrogens is 4. The molecule has 0 aliphatic heterocycles. The van der Waals surface area contributed by atoms with E-state index in [1.165, 1.54) is 18.2 Å². The molecule has 14 heteroatoms. The number of halogens is 1. The summed E-state index contributed by atoms with van der Waals surface area (Å²) in [5, 5.41) is 25.2. The van der Waals surface area contributed by atoms with Gasteiger partial charge in [-0.3, -0.25) is 9.48 Å². The molecule has 0 radical (unpaired) electrons. The number of benzene rings is 2. The van der Waals surface area contributed by atoms with Crippen LogP contribution in [0.1, 0.15) is 44.9 Å². The maximum Gasteiger partial charge on any atom is 0.275 e. The smallest absolute Gasteiger partial charge is 0.275 e. The third-order valence-electron chi connectivity index (χ3n) is 6.61. The molecule has 4 rings (SSSR count). The van der Waals surface area contributed by atoms with Crippen molar-refractivity contribution < 1.29 is 13.2 Å². The van der Waals surface area contributed by atoms with Crippen molar-refractivity contribution in [1.29, 1.82) is 10.7 Å². The molecule has 2 aromatic carbocycles. The van der Waals surface area contributed by atoms with E-state index < -0.39 is 21.6 Å². The molecule has 0 aliphatic rings. The Hall–Kier alpha value is -4.51. The van der Waals surface area contributed by atoms with Crippen LogP contribution in [-0.2, 0) is 16.6 Å². The maximum absolute atomic E-state index is 13.5. The van der Waals surface area contributed by atoms with Gasteiger partial charge in [0.25, 0.3) is 5.56 Å². The van der Waals surface area contributed by atoms with Crippen LogP contribution >= 0.6 is 11.6 Å². The Morgan fingerprint density at radius 1 is 1.23 bits per heavy atom. The van der Waals surface area contributed by atoms with E-state index in [1.807, 2.05) is 13.0 Å². The van der Waals surface area contributed by atoms with Gasteiger partial charge in [-0.25, -0.2) is 18.1 Å². The Labute approximate surface area is 260 Å². The minimum Gasteiger partial charge on any atom is -0.493 e. The van der Waals surface area contributed by atoms with Gasteiger partial charge in [0.15, 0.2) is 0 Å². The van der Waals surface area contributed by atoms with E-state index in [9.17, 15) is 13.2 Å². The van der Waals surface area contributed by atoms with Crippen molar-refractivity contribution in [2.45, 2.75) is 51.1 Å². The number of ether oxygens (including phenoxy) is 1. The number of aromatic amines is 1. The first-order valence-corrected chi connectivity index (χ1v) is 15.8. The van der Waals surface area contributed by atoms with Crippen LogP contribution < -0.4 is 20.3 Å². The second-order valence-corrected chi connectivity index (χ2v) is 12.1. The third-order valence-corrected chi connectivity index (χ3v) is 8.51. The summed E-state index contributed by atoms with van der Waals surface area (Å²) in [6.45, 7) is 5.96. The summed E-state index contributed by atoms with van der Waals surface area (Å²) in [5.41, 5.74) is 2.04. The maximum atomic E-state index is 13.5. The van der Waals surface area contributed by atoms with Gasteiger partial charge in [-0.2, -0.15) is 10.4 Å². The van der Waals surface area contributed by atoms with Gasteiger partial charge in [-0.1, -0.05) is 31.0 Å². The first-order chi connectivity index (χ1) is 21.0. The fourth-order valence-electron chi connectivity index (χ4n) is 4.60. The molecule has 0 amide bonds. The van der Waals surface area contributed by atoms with Crippen molar-refractivity contribution in [2.24, 2.45) is 0 Å². The van der Waals surface area contributed by atoms with E-state index in [0.717, 1.165) is 5.56 Å². The van der Waals surface area contributed by atoms with E-state index in [-0.39, 0.29) is 39.9 Å². The molecule has 0 aliphatic carbocycles. The van der Waals surface area contributed by atoms with Crippen LogP contribution in [0.3, 0.4) is 0 Å². The lowest BCUT2D eigenvalue weighted by molar-refractivity contribution is 0.341. The Morgan fingerprint density at radius 3 is 2.66 bits per heavy atom. The van der Waals surface area contributed by atoms with Gasteiger partial charge in [-0.05, 0) is 56.7 Å². The lowest BCUT2D eigenvalue weighted by atomic mass is 10.1. The van der Waals surface area contributed by atoms with Crippen LogP contribution in [0.5, 0.6) is 5.75 Å². The highest BCUT2D eigenvalue weighted by Gasteiger charge is 2.23. The van der Waals surface area contributed by atoms with E-state index in [2.05, 4.69) is 25.1 Å². The van der Waals surface area contributed by atoms with Crippen LogP contribution in [-0.4, -0.2) is 53.6 Å². The number of H-pyrrole nitrogens is 1. The van der Waals surface area contributed by atoms with E-state index >= 15 is 0 Å². The van der Waals surface area contributed by atoms with Crippen molar-refractivity contribution in [3.8, 4) is 34.5 Å². The van der Waals surface area contributed by atoms with E-state index in [0.29, 0.717) is 41.5 Å². The quantitative estimate of drug-likeness (QED) is 0.151.